The van der Waals surface area contributed by atoms with Gasteiger partial charge in [0.25, 0.3) is 5.69 Å². The van der Waals surface area contributed by atoms with Crippen molar-refractivity contribution in [1.29, 1.82) is 0 Å². The number of benzene rings is 1. The van der Waals surface area contributed by atoms with Gasteiger partial charge in [0, 0.05) is 54.0 Å². The summed E-state index contributed by atoms with van der Waals surface area (Å²) >= 11 is 0. The first-order valence-corrected chi connectivity index (χ1v) is 7.77. The van der Waals surface area contributed by atoms with Gasteiger partial charge in [0.15, 0.2) is 0 Å². The highest BCUT2D eigenvalue weighted by atomic mass is 16.6. The van der Waals surface area contributed by atoms with E-state index in [0.29, 0.717) is 18.1 Å². The third-order valence-corrected chi connectivity index (χ3v) is 4.74. The third kappa shape index (κ3) is 2.37. The molecule has 0 radical (unpaired) electrons. The largest absolute Gasteiger partial charge is 0.376 e. The van der Waals surface area contributed by atoms with Gasteiger partial charge in [-0.2, -0.15) is 5.10 Å². The molecule has 23 heavy (non-hydrogen) atoms. The minimum absolute atomic E-state index is 0.171. The number of nitro groups is 1. The fourth-order valence-electron chi connectivity index (χ4n) is 3.37. The van der Waals surface area contributed by atoms with E-state index in [0.717, 1.165) is 37.5 Å². The maximum Gasteiger partial charge on any atom is 0.272 e. The Bertz CT molecular complexity index is 765. The van der Waals surface area contributed by atoms with Crippen molar-refractivity contribution in [1.82, 2.24) is 10.2 Å². The molecule has 2 aromatic rings. The van der Waals surface area contributed by atoms with E-state index in [1.165, 1.54) is 11.3 Å². The van der Waals surface area contributed by atoms with Gasteiger partial charge in [0.1, 0.15) is 0 Å². The number of rotatable bonds is 3. The van der Waals surface area contributed by atoms with E-state index in [1.54, 1.807) is 13.0 Å². The number of hydrogen-bond acceptors (Lipinski definition) is 5. The number of anilines is 1. The molecule has 7 heteroatoms. The fraction of sp³-hybridized carbons (Fsp3) is 0.438. The van der Waals surface area contributed by atoms with Crippen LogP contribution in [0.4, 0.5) is 11.4 Å². The first-order chi connectivity index (χ1) is 11.1. The van der Waals surface area contributed by atoms with Crippen LogP contribution < -0.4 is 4.90 Å². The zero-order valence-electron chi connectivity index (χ0n) is 12.9. The van der Waals surface area contributed by atoms with E-state index in [-0.39, 0.29) is 10.6 Å². The molecule has 1 aromatic heterocycles. The summed E-state index contributed by atoms with van der Waals surface area (Å²) in [4.78, 5) is 12.8. The van der Waals surface area contributed by atoms with Crippen molar-refractivity contribution in [2.75, 3.05) is 24.6 Å². The van der Waals surface area contributed by atoms with Gasteiger partial charge in [-0.1, -0.05) is 0 Å². The van der Waals surface area contributed by atoms with Crippen LogP contribution in [-0.4, -0.2) is 34.8 Å². The molecule has 2 aliphatic heterocycles. The van der Waals surface area contributed by atoms with Gasteiger partial charge < -0.3 is 9.64 Å². The number of nitrogens with zero attached hydrogens (tertiary/aromatic N) is 3. The van der Waals surface area contributed by atoms with E-state index in [4.69, 9.17) is 4.74 Å². The first kappa shape index (κ1) is 14.2. The Labute approximate surface area is 133 Å². The van der Waals surface area contributed by atoms with Crippen molar-refractivity contribution in [3.63, 3.8) is 0 Å². The maximum absolute atomic E-state index is 10.9. The quantitative estimate of drug-likeness (QED) is 0.694. The van der Waals surface area contributed by atoms with E-state index < -0.39 is 0 Å². The van der Waals surface area contributed by atoms with Crippen LogP contribution in [0.1, 0.15) is 28.4 Å². The Morgan fingerprint density at radius 3 is 3.00 bits per heavy atom. The highest BCUT2D eigenvalue weighted by Gasteiger charge is 2.33. The summed E-state index contributed by atoms with van der Waals surface area (Å²) in [5, 5.41) is 18.5. The topological polar surface area (TPSA) is 84.3 Å². The van der Waals surface area contributed by atoms with E-state index in [9.17, 15) is 10.1 Å². The van der Waals surface area contributed by atoms with Gasteiger partial charge in [-0.3, -0.25) is 15.2 Å². The minimum atomic E-state index is -0.339. The predicted molar refractivity (Wildman–Crippen MR) is 84.7 cm³/mol. The molecule has 1 saturated heterocycles. The number of aromatic amines is 1. The number of hydrogen-bond donors (Lipinski definition) is 1. The normalized spacial score (nSPS) is 17.7. The number of fused-ring (bicyclic) bond motifs is 1. The lowest BCUT2D eigenvalue weighted by atomic mass is 9.91. The third-order valence-electron chi connectivity index (χ3n) is 4.74. The number of nitrogens with one attached hydrogen (secondary N) is 1. The number of H-pyrrole nitrogens is 1. The number of ether oxygens (including phenoxy) is 1. The van der Waals surface area contributed by atoms with Crippen LogP contribution in [0, 0.1) is 17.0 Å². The second-order valence-electron chi connectivity index (χ2n) is 6.20. The van der Waals surface area contributed by atoms with Crippen molar-refractivity contribution in [3.05, 3.63) is 50.8 Å². The monoisotopic (exact) mass is 314 g/mol. The fourth-order valence-corrected chi connectivity index (χ4v) is 3.37. The summed E-state index contributed by atoms with van der Waals surface area (Å²) in [6, 6.07) is 5.30. The molecule has 120 valence electrons. The van der Waals surface area contributed by atoms with Crippen molar-refractivity contribution < 1.29 is 9.66 Å². The summed E-state index contributed by atoms with van der Waals surface area (Å²) in [7, 11) is 0. The number of nitro benzene ring substituents is 1. The summed E-state index contributed by atoms with van der Waals surface area (Å²) in [6.45, 7) is 4.95. The molecular weight excluding hydrogens is 296 g/mol. The Kier molecular flexibility index (Phi) is 3.30. The van der Waals surface area contributed by atoms with Gasteiger partial charge in [-0.15, -0.1) is 0 Å². The molecule has 4 rings (SSSR count). The Morgan fingerprint density at radius 2 is 2.26 bits per heavy atom. The molecular formula is C16H18N4O3. The summed E-state index contributed by atoms with van der Waals surface area (Å²) in [5.41, 5.74) is 5.45. The lowest BCUT2D eigenvalue weighted by Crippen LogP contribution is -2.45. The molecule has 1 N–H and O–H groups in total. The summed E-state index contributed by atoms with van der Waals surface area (Å²) < 4.78 is 5.54. The zero-order valence-corrected chi connectivity index (χ0v) is 12.9. The molecule has 0 saturated carbocycles. The number of aryl methyl sites for hydroxylation is 1. The van der Waals surface area contributed by atoms with E-state index >= 15 is 0 Å². The number of aromatic nitrogens is 2. The van der Waals surface area contributed by atoms with Gasteiger partial charge >= 0.3 is 0 Å². The van der Waals surface area contributed by atoms with Crippen LogP contribution in [0.2, 0.25) is 0 Å². The van der Waals surface area contributed by atoms with Crippen molar-refractivity contribution in [2.45, 2.75) is 25.9 Å². The zero-order chi connectivity index (χ0) is 16.0. The van der Waals surface area contributed by atoms with E-state index in [2.05, 4.69) is 15.1 Å². The highest BCUT2D eigenvalue weighted by Crippen LogP contribution is 2.35. The SMILES string of the molecule is Cc1cc(N2CC(c3n[nH]c4c3COCC4)C2)ccc1[N+](=O)[O-]. The maximum atomic E-state index is 10.9. The molecule has 1 fully saturated rings. The Morgan fingerprint density at radius 1 is 1.43 bits per heavy atom. The molecule has 1 aromatic carbocycles. The molecule has 3 heterocycles. The lowest BCUT2D eigenvalue weighted by Gasteiger charge is -2.41. The molecule has 0 amide bonds. The van der Waals surface area contributed by atoms with Gasteiger partial charge in [-0.05, 0) is 19.1 Å². The summed E-state index contributed by atoms with van der Waals surface area (Å²) in [5.74, 6) is 0.396. The van der Waals surface area contributed by atoms with E-state index in [1.807, 2.05) is 12.1 Å². The van der Waals surface area contributed by atoms with Crippen molar-refractivity contribution >= 4 is 11.4 Å². The second kappa shape index (κ2) is 5.34. The molecule has 0 spiro atoms. The van der Waals surface area contributed by atoms with Crippen LogP contribution in [0.3, 0.4) is 0 Å². The molecule has 0 atom stereocenters. The van der Waals surface area contributed by atoms with Gasteiger partial charge in [-0.25, -0.2) is 0 Å². The van der Waals surface area contributed by atoms with Gasteiger partial charge in [0.05, 0.1) is 23.8 Å². The average Bonchev–Trinajstić information content (AvgIpc) is 2.90. The van der Waals surface area contributed by atoms with Crippen molar-refractivity contribution in [2.24, 2.45) is 0 Å². The van der Waals surface area contributed by atoms with Crippen LogP contribution >= 0.6 is 0 Å². The average molecular weight is 314 g/mol. The van der Waals surface area contributed by atoms with Crippen LogP contribution in [0.25, 0.3) is 0 Å². The molecule has 0 aliphatic carbocycles. The lowest BCUT2D eigenvalue weighted by molar-refractivity contribution is -0.385. The predicted octanol–water partition coefficient (Wildman–Crippen LogP) is 2.30. The smallest absolute Gasteiger partial charge is 0.272 e. The molecule has 0 unspecified atom stereocenters. The van der Waals surface area contributed by atoms with Crippen molar-refractivity contribution in [3.8, 4) is 0 Å². The Hall–Kier alpha value is -2.41. The molecule has 2 aliphatic rings. The minimum Gasteiger partial charge on any atom is -0.376 e. The second-order valence-corrected chi connectivity index (χ2v) is 6.20. The standard InChI is InChI=1S/C16H18N4O3/c1-10-6-12(2-3-15(10)20(21)22)19-7-11(8-19)16-13-9-23-5-4-14(13)17-18-16/h2-3,6,11H,4-5,7-9H2,1H3,(H,17,18). The molecule has 0 bridgehead atoms. The van der Waals surface area contributed by atoms with Crippen LogP contribution in [0.5, 0.6) is 0 Å². The Balaban J connectivity index is 1.48. The van der Waals surface area contributed by atoms with Crippen LogP contribution in [0.15, 0.2) is 18.2 Å². The highest BCUT2D eigenvalue weighted by molar-refractivity contribution is 5.57. The van der Waals surface area contributed by atoms with Crippen LogP contribution in [-0.2, 0) is 17.8 Å². The summed E-state index contributed by atoms with van der Waals surface area (Å²) in [6.07, 6.45) is 0.903. The molecule has 7 nitrogen and oxygen atoms in total. The first-order valence-electron chi connectivity index (χ1n) is 7.77. The van der Waals surface area contributed by atoms with Gasteiger partial charge in [0.2, 0.25) is 0 Å².